The highest BCUT2D eigenvalue weighted by atomic mass is 32.2. The number of carbonyl (C=O) groups excluding carboxylic acids is 2. The van der Waals surface area contributed by atoms with Crippen molar-refractivity contribution in [2.24, 2.45) is 10.7 Å². The SMILES string of the molecule is CSC(=Nc1[pH]cnc1C(N)=O)NC(=O)c1ccccc1. The number of amidine groups is 1. The van der Waals surface area contributed by atoms with Crippen LogP contribution in [0.5, 0.6) is 0 Å². The molecule has 2 amide bonds. The Bertz CT molecular complexity index is 684. The molecule has 1 aromatic carbocycles. The molecule has 21 heavy (non-hydrogen) atoms. The molecular weight excluding hydrogens is 307 g/mol. The van der Waals surface area contributed by atoms with Crippen LogP contribution in [0, 0.1) is 0 Å². The molecule has 2 rings (SSSR count). The van der Waals surface area contributed by atoms with Crippen molar-refractivity contribution in [3.63, 3.8) is 0 Å². The van der Waals surface area contributed by atoms with Crippen molar-refractivity contribution in [2.75, 3.05) is 6.26 Å². The van der Waals surface area contributed by atoms with E-state index in [1.54, 1.807) is 36.4 Å². The van der Waals surface area contributed by atoms with Crippen LogP contribution in [0.2, 0.25) is 0 Å². The summed E-state index contributed by atoms with van der Waals surface area (Å²) in [5.41, 5.74) is 6.40. The third-order valence-electron chi connectivity index (χ3n) is 2.52. The number of nitrogens with zero attached hydrogens (tertiary/aromatic N) is 2. The van der Waals surface area contributed by atoms with E-state index < -0.39 is 5.91 Å². The van der Waals surface area contributed by atoms with Crippen LogP contribution in [0.3, 0.4) is 0 Å². The van der Waals surface area contributed by atoms with Gasteiger partial charge >= 0.3 is 0 Å². The number of aliphatic imine (C=N–C) groups is 1. The van der Waals surface area contributed by atoms with Crippen molar-refractivity contribution in [3.05, 3.63) is 47.5 Å². The first-order chi connectivity index (χ1) is 10.1. The van der Waals surface area contributed by atoms with Crippen molar-refractivity contribution in [1.29, 1.82) is 0 Å². The Morgan fingerprint density at radius 1 is 1.33 bits per heavy atom. The monoisotopic (exact) mass is 320 g/mol. The van der Waals surface area contributed by atoms with Gasteiger partial charge in [-0.2, -0.15) is 0 Å². The molecule has 0 radical (unpaired) electrons. The second-order valence-electron chi connectivity index (χ2n) is 3.91. The Labute approximate surface area is 127 Å². The lowest BCUT2D eigenvalue weighted by molar-refractivity contribution is 0.0975. The highest BCUT2D eigenvalue weighted by molar-refractivity contribution is 8.13. The highest BCUT2D eigenvalue weighted by Crippen LogP contribution is 2.29. The molecule has 0 spiro atoms. The van der Waals surface area contributed by atoms with Crippen molar-refractivity contribution in [3.8, 4) is 0 Å². The highest BCUT2D eigenvalue weighted by Gasteiger charge is 2.12. The molecule has 8 heteroatoms. The number of amides is 2. The van der Waals surface area contributed by atoms with Gasteiger partial charge in [-0.15, -0.1) is 0 Å². The van der Waals surface area contributed by atoms with Crippen molar-refractivity contribution in [2.45, 2.75) is 0 Å². The standard InChI is InChI=1S/C13H13N4O2PS/c1-21-13(16-11(19)8-5-3-2-4-6-8)17-12-9(10(14)18)15-7-20-12/h2-7,20H,1H3,(H2,14,18)(H,16,17,19). The average Bonchev–Trinajstić information content (AvgIpc) is 2.95. The van der Waals surface area contributed by atoms with Crippen molar-refractivity contribution in [1.82, 2.24) is 10.3 Å². The average molecular weight is 320 g/mol. The van der Waals surface area contributed by atoms with E-state index in [4.69, 9.17) is 5.73 Å². The number of aromatic nitrogens is 1. The maximum Gasteiger partial charge on any atom is 0.269 e. The largest absolute Gasteiger partial charge is 0.364 e. The maximum atomic E-state index is 12.1. The minimum Gasteiger partial charge on any atom is -0.364 e. The summed E-state index contributed by atoms with van der Waals surface area (Å²) in [6, 6.07) is 8.82. The van der Waals surface area contributed by atoms with E-state index in [9.17, 15) is 9.59 Å². The van der Waals surface area contributed by atoms with Crippen molar-refractivity contribution >= 4 is 42.4 Å². The number of nitrogens with one attached hydrogen (secondary N) is 1. The molecule has 108 valence electrons. The molecule has 3 N–H and O–H groups in total. The van der Waals surface area contributed by atoms with Gasteiger partial charge in [-0.3, -0.25) is 9.59 Å². The Morgan fingerprint density at radius 3 is 2.67 bits per heavy atom. The van der Waals surface area contributed by atoms with Crippen molar-refractivity contribution < 1.29 is 9.59 Å². The van der Waals surface area contributed by atoms with Gasteiger partial charge in [-0.1, -0.05) is 38.2 Å². The lowest BCUT2D eigenvalue weighted by Gasteiger charge is -2.06. The summed E-state index contributed by atoms with van der Waals surface area (Å²) < 4.78 is 0. The molecule has 0 aliphatic rings. The number of hydrogen-bond donors (Lipinski definition) is 2. The summed E-state index contributed by atoms with van der Waals surface area (Å²) in [4.78, 5) is 31.5. The Morgan fingerprint density at radius 2 is 2.05 bits per heavy atom. The molecule has 6 nitrogen and oxygen atoms in total. The fourth-order valence-electron chi connectivity index (χ4n) is 1.54. The van der Waals surface area contributed by atoms with E-state index >= 15 is 0 Å². The van der Waals surface area contributed by atoms with Crippen LogP contribution in [0.15, 0.2) is 41.3 Å². The van der Waals surface area contributed by atoms with Gasteiger partial charge < -0.3 is 11.1 Å². The topological polar surface area (TPSA) is 97.4 Å². The normalized spacial score (nSPS) is 11.6. The van der Waals surface area contributed by atoms with Gasteiger partial charge in [0.25, 0.3) is 11.8 Å². The van der Waals surface area contributed by atoms with Gasteiger partial charge in [-0.05, 0) is 18.4 Å². The van der Waals surface area contributed by atoms with Crippen LogP contribution in [-0.2, 0) is 0 Å². The fourth-order valence-corrected chi connectivity index (χ4v) is 2.81. The molecule has 0 aliphatic heterocycles. The number of nitrogens with two attached hydrogens (primary N) is 1. The van der Waals surface area contributed by atoms with Gasteiger partial charge in [-0.25, -0.2) is 9.98 Å². The minimum atomic E-state index is -0.621. The number of hydrogen-bond acceptors (Lipinski definition) is 5. The summed E-state index contributed by atoms with van der Waals surface area (Å²) in [5.74, 6) is 0.715. The third kappa shape index (κ3) is 3.93. The molecular formula is C13H13N4O2PS. The summed E-state index contributed by atoms with van der Waals surface area (Å²) in [6.07, 6.45) is 1.79. The Balaban J connectivity index is 2.20. The molecule has 0 fully saturated rings. The summed E-state index contributed by atoms with van der Waals surface area (Å²) in [7, 11) is 0.167. The second-order valence-corrected chi connectivity index (χ2v) is 5.72. The predicted octanol–water partition coefficient (Wildman–Crippen LogP) is 1.99. The van der Waals surface area contributed by atoms with Crippen LogP contribution in [0.25, 0.3) is 0 Å². The number of carbonyl (C=O) groups is 2. The number of thioether (sulfide) groups is 1. The second kappa shape index (κ2) is 7.06. The van der Waals surface area contributed by atoms with Gasteiger partial charge in [0.1, 0.15) is 5.42 Å². The van der Waals surface area contributed by atoms with E-state index in [1.165, 1.54) is 11.8 Å². The van der Waals surface area contributed by atoms with Crippen LogP contribution < -0.4 is 11.1 Å². The molecule has 1 unspecified atom stereocenters. The minimum absolute atomic E-state index is 0.147. The summed E-state index contributed by atoms with van der Waals surface area (Å²) in [5, 5.41) is 3.10. The van der Waals surface area contributed by atoms with E-state index in [0.29, 0.717) is 16.2 Å². The molecule has 0 saturated carbocycles. The quantitative estimate of drug-likeness (QED) is 0.667. The van der Waals surface area contributed by atoms with Crippen LogP contribution >= 0.6 is 20.0 Å². The zero-order valence-electron chi connectivity index (χ0n) is 11.2. The lowest BCUT2D eigenvalue weighted by Crippen LogP contribution is -2.28. The van der Waals surface area contributed by atoms with Crippen LogP contribution in [-0.4, -0.2) is 28.2 Å². The molecule has 1 atom stereocenters. The first-order valence-electron chi connectivity index (χ1n) is 5.94. The Kier molecular flexibility index (Phi) is 5.14. The molecule has 0 saturated heterocycles. The predicted molar refractivity (Wildman–Crippen MR) is 86.8 cm³/mol. The molecule has 2 aromatic rings. The first kappa shape index (κ1) is 15.3. The van der Waals surface area contributed by atoms with E-state index in [2.05, 4.69) is 15.3 Å². The Hall–Kier alpha value is -2.11. The zero-order valence-corrected chi connectivity index (χ0v) is 13.0. The summed E-state index contributed by atoms with van der Waals surface area (Å²) in [6.45, 7) is 0. The first-order valence-corrected chi connectivity index (χ1v) is 8.24. The zero-order chi connectivity index (χ0) is 15.2. The molecule has 0 aliphatic carbocycles. The molecule has 1 heterocycles. The smallest absolute Gasteiger partial charge is 0.269 e. The van der Waals surface area contributed by atoms with Gasteiger partial charge in [0.2, 0.25) is 0 Å². The molecule has 1 aromatic heterocycles. The molecule has 0 bridgehead atoms. The van der Waals surface area contributed by atoms with E-state index in [1.807, 2.05) is 6.07 Å². The van der Waals surface area contributed by atoms with E-state index in [-0.39, 0.29) is 19.8 Å². The fraction of sp³-hybridized carbons (Fsp3) is 0.0769. The van der Waals surface area contributed by atoms with E-state index in [0.717, 1.165) is 0 Å². The third-order valence-corrected chi connectivity index (χ3v) is 3.98. The number of benzene rings is 1. The van der Waals surface area contributed by atoms with Crippen LogP contribution in [0.1, 0.15) is 20.8 Å². The van der Waals surface area contributed by atoms with Crippen LogP contribution in [0.4, 0.5) is 5.42 Å². The summed E-state index contributed by atoms with van der Waals surface area (Å²) >= 11 is 1.27. The van der Waals surface area contributed by atoms with Gasteiger partial charge in [0.15, 0.2) is 10.9 Å². The van der Waals surface area contributed by atoms with Gasteiger partial charge in [0, 0.05) is 11.5 Å². The lowest BCUT2D eigenvalue weighted by atomic mass is 10.2. The maximum absolute atomic E-state index is 12.1. The number of rotatable bonds is 3. The van der Waals surface area contributed by atoms with Gasteiger partial charge in [0.05, 0.1) is 0 Å². The number of primary amides is 1.